The van der Waals surface area contributed by atoms with Gasteiger partial charge in [0.15, 0.2) is 4.34 Å². The number of nitrogens with two attached hydrogens (primary N) is 1. The first-order chi connectivity index (χ1) is 9.70. The summed E-state index contributed by atoms with van der Waals surface area (Å²) in [5.74, 6) is -0.829. The van der Waals surface area contributed by atoms with E-state index in [0.29, 0.717) is 11.3 Å². The summed E-state index contributed by atoms with van der Waals surface area (Å²) in [4.78, 5) is 9.85. The molecule has 21 heavy (non-hydrogen) atoms. The van der Waals surface area contributed by atoms with E-state index in [1.807, 2.05) is 4.72 Å². The zero-order chi connectivity index (χ0) is 15.8. The largest absolute Gasteiger partial charge is 0.399 e. The fourth-order valence-corrected chi connectivity index (χ4v) is 4.13. The molecule has 0 saturated heterocycles. The van der Waals surface area contributed by atoms with Gasteiger partial charge in [0, 0.05) is 11.8 Å². The Labute approximate surface area is 127 Å². The SMILES string of the molecule is Nc1ccc(F)c(NS(=O)(=O)c2cc([N+](=O)[O-])c(Cl)s2)c1. The quantitative estimate of drug-likeness (QED) is 0.499. The lowest BCUT2D eigenvalue weighted by molar-refractivity contribution is -0.384. The lowest BCUT2D eigenvalue weighted by Gasteiger charge is -2.07. The molecule has 0 atom stereocenters. The van der Waals surface area contributed by atoms with Gasteiger partial charge in [-0.25, -0.2) is 12.8 Å². The minimum atomic E-state index is -4.20. The summed E-state index contributed by atoms with van der Waals surface area (Å²) in [5.41, 5.74) is 4.71. The molecule has 11 heteroatoms. The summed E-state index contributed by atoms with van der Waals surface area (Å²) in [6.07, 6.45) is 0. The van der Waals surface area contributed by atoms with Gasteiger partial charge in [-0.2, -0.15) is 0 Å². The van der Waals surface area contributed by atoms with Crippen LogP contribution >= 0.6 is 22.9 Å². The number of nitrogens with zero attached hydrogens (tertiary/aromatic N) is 1. The van der Waals surface area contributed by atoms with Gasteiger partial charge in [0.2, 0.25) is 0 Å². The molecule has 1 heterocycles. The Bertz CT molecular complexity index is 822. The smallest absolute Gasteiger partial charge is 0.300 e. The maximum absolute atomic E-state index is 13.5. The zero-order valence-corrected chi connectivity index (χ0v) is 12.4. The summed E-state index contributed by atoms with van der Waals surface area (Å²) in [7, 11) is -4.20. The minimum absolute atomic E-state index is 0.157. The van der Waals surface area contributed by atoms with Gasteiger partial charge in [0.05, 0.1) is 10.6 Å². The van der Waals surface area contributed by atoms with Crippen LogP contribution in [0.2, 0.25) is 4.34 Å². The summed E-state index contributed by atoms with van der Waals surface area (Å²) in [6, 6.07) is 4.16. The van der Waals surface area contributed by atoms with Gasteiger partial charge in [-0.05, 0) is 18.2 Å². The van der Waals surface area contributed by atoms with Crippen molar-refractivity contribution in [3.05, 3.63) is 44.5 Å². The second kappa shape index (κ2) is 5.47. The van der Waals surface area contributed by atoms with E-state index in [1.165, 1.54) is 6.07 Å². The van der Waals surface area contributed by atoms with Gasteiger partial charge in [-0.3, -0.25) is 14.8 Å². The maximum atomic E-state index is 13.5. The molecule has 1 aromatic carbocycles. The van der Waals surface area contributed by atoms with Crippen molar-refractivity contribution in [1.29, 1.82) is 0 Å². The molecule has 0 fully saturated rings. The molecular weight excluding hydrogens is 345 g/mol. The van der Waals surface area contributed by atoms with E-state index in [9.17, 15) is 22.9 Å². The number of nitrogen functional groups attached to an aromatic ring is 1. The topological polar surface area (TPSA) is 115 Å². The fourth-order valence-electron chi connectivity index (χ4n) is 1.41. The molecule has 0 bridgehead atoms. The molecule has 0 aliphatic carbocycles. The van der Waals surface area contributed by atoms with Crippen molar-refractivity contribution in [3.63, 3.8) is 0 Å². The Hall–Kier alpha value is -1.91. The minimum Gasteiger partial charge on any atom is -0.399 e. The normalized spacial score (nSPS) is 11.3. The van der Waals surface area contributed by atoms with Crippen molar-refractivity contribution < 1.29 is 17.7 Å². The third kappa shape index (κ3) is 3.23. The van der Waals surface area contributed by atoms with Crippen LogP contribution in [0, 0.1) is 15.9 Å². The Morgan fingerprint density at radius 3 is 2.62 bits per heavy atom. The number of halogens is 2. The van der Waals surface area contributed by atoms with Crippen molar-refractivity contribution in [2.24, 2.45) is 0 Å². The van der Waals surface area contributed by atoms with Crippen molar-refractivity contribution in [3.8, 4) is 0 Å². The molecule has 0 aliphatic rings. The molecule has 0 radical (unpaired) electrons. The van der Waals surface area contributed by atoms with Crippen molar-refractivity contribution in [1.82, 2.24) is 0 Å². The summed E-state index contributed by atoms with van der Waals surface area (Å²) >= 11 is 6.09. The van der Waals surface area contributed by atoms with Crippen molar-refractivity contribution in [2.75, 3.05) is 10.5 Å². The van der Waals surface area contributed by atoms with E-state index in [-0.39, 0.29) is 15.7 Å². The molecule has 0 spiro atoms. The van der Waals surface area contributed by atoms with Crippen LogP contribution in [-0.4, -0.2) is 13.3 Å². The molecule has 1 aromatic heterocycles. The first kappa shape index (κ1) is 15.5. The number of rotatable bonds is 4. The number of nitro groups is 1. The lowest BCUT2D eigenvalue weighted by Crippen LogP contribution is -2.12. The predicted molar refractivity (Wildman–Crippen MR) is 77.6 cm³/mol. The van der Waals surface area contributed by atoms with E-state index in [4.69, 9.17) is 17.3 Å². The lowest BCUT2D eigenvalue weighted by atomic mass is 10.3. The van der Waals surface area contributed by atoms with Crippen LogP contribution < -0.4 is 10.5 Å². The third-order valence-electron chi connectivity index (χ3n) is 2.34. The number of sulfonamides is 1. The monoisotopic (exact) mass is 351 g/mol. The number of anilines is 2. The Morgan fingerprint density at radius 1 is 1.38 bits per heavy atom. The van der Waals surface area contributed by atoms with Crippen molar-refractivity contribution >= 4 is 50.0 Å². The van der Waals surface area contributed by atoms with Gasteiger partial charge in [0.1, 0.15) is 10.0 Å². The van der Waals surface area contributed by atoms with Crippen molar-refractivity contribution in [2.45, 2.75) is 4.21 Å². The van der Waals surface area contributed by atoms with Gasteiger partial charge >= 0.3 is 0 Å². The highest BCUT2D eigenvalue weighted by Gasteiger charge is 2.26. The molecule has 0 amide bonds. The van der Waals surface area contributed by atoms with Crippen LogP contribution in [0.4, 0.5) is 21.5 Å². The van der Waals surface area contributed by atoms with Crippen LogP contribution in [0.1, 0.15) is 0 Å². The van der Waals surface area contributed by atoms with Crippen LogP contribution in [-0.2, 0) is 10.0 Å². The first-order valence-corrected chi connectivity index (χ1v) is 7.90. The highest BCUT2D eigenvalue weighted by molar-refractivity contribution is 7.94. The highest BCUT2D eigenvalue weighted by atomic mass is 35.5. The van der Waals surface area contributed by atoms with Crippen LogP contribution in [0.3, 0.4) is 0 Å². The van der Waals surface area contributed by atoms with Crippen LogP contribution in [0.25, 0.3) is 0 Å². The third-order valence-corrected chi connectivity index (χ3v) is 5.52. The van der Waals surface area contributed by atoms with Gasteiger partial charge in [0.25, 0.3) is 15.7 Å². The van der Waals surface area contributed by atoms with Crippen LogP contribution in [0.15, 0.2) is 28.5 Å². The van der Waals surface area contributed by atoms with E-state index in [1.54, 1.807) is 0 Å². The van der Waals surface area contributed by atoms with E-state index in [0.717, 1.165) is 18.2 Å². The molecule has 0 unspecified atom stereocenters. The Kier molecular flexibility index (Phi) is 4.03. The molecule has 0 saturated carbocycles. The first-order valence-electron chi connectivity index (χ1n) is 5.22. The summed E-state index contributed by atoms with van der Waals surface area (Å²) in [5, 5.41) is 10.7. The maximum Gasteiger partial charge on any atom is 0.300 e. The number of nitrogens with one attached hydrogen (secondary N) is 1. The average Bonchev–Trinajstić information content (AvgIpc) is 2.77. The molecular formula is C10H7ClFN3O4S2. The highest BCUT2D eigenvalue weighted by Crippen LogP contribution is 2.37. The van der Waals surface area contributed by atoms with E-state index in [2.05, 4.69) is 0 Å². The standard InChI is InChI=1S/C10H7ClFN3O4S2/c11-10-8(15(16)17)4-9(20-10)21(18,19)14-7-3-5(13)1-2-6(7)12/h1-4,14H,13H2. The number of hydrogen-bond donors (Lipinski definition) is 2. The van der Waals surface area contributed by atoms with Gasteiger partial charge < -0.3 is 5.73 Å². The second-order valence-electron chi connectivity index (χ2n) is 3.83. The molecule has 2 aromatic rings. The molecule has 3 N–H and O–H groups in total. The zero-order valence-electron chi connectivity index (χ0n) is 10.0. The number of thiophene rings is 1. The number of hydrogen-bond acceptors (Lipinski definition) is 6. The number of benzene rings is 1. The van der Waals surface area contributed by atoms with Gasteiger partial charge in [-0.15, -0.1) is 11.3 Å². The van der Waals surface area contributed by atoms with Gasteiger partial charge in [-0.1, -0.05) is 11.6 Å². The molecule has 2 rings (SSSR count). The Morgan fingerprint density at radius 2 is 2.05 bits per heavy atom. The molecule has 0 aliphatic heterocycles. The average molecular weight is 352 g/mol. The predicted octanol–water partition coefficient (Wildman–Crippen LogP) is 2.83. The van der Waals surface area contributed by atoms with E-state index >= 15 is 0 Å². The van der Waals surface area contributed by atoms with E-state index < -0.39 is 30.7 Å². The molecule has 112 valence electrons. The summed E-state index contributed by atoms with van der Waals surface area (Å²) < 4.78 is 38.9. The second-order valence-corrected chi connectivity index (χ2v) is 7.39. The molecule has 7 nitrogen and oxygen atoms in total. The Balaban J connectivity index is 2.41. The van der Waals surface area contributed by atoms with Crippen LogP contribution in [0.5, 0.6) is 0 Å². The fraction of sp³-hybridized carbons (Fsp3) is 0. The summed E-state index contributed by atoms with van der Waals surface area (Å²) in [6.45, 7) is 0.